The van der Waals surface area contributed by atoms with Crippen LogP contribution in [0.3, 0.4) is 0 Å². The second kappa shape index (κ2) is 8.84. The van der Waals surface area contributed by atoms with E-state index in [1.165, 1.54) is 44.6 Å². The molecule has 0 saturated carbocycles. The van der Waals surface area contributed by atoms with Gasteiger partial charge in [0, 0.05) is 6.04 Å². The molecule has 28 heavy (non-hydrogen) atoms. The highest BCUT2D eigenvalue weighted by atomic mass is 127. The SMILES string of the molecule is COc1ccc(S(=O)(=O)Nc2cc(S(=O)(=O)NC(C)C)ccc2OC)cc1I. The molecule has 2 aromatic rings. The van der Waals surface area contributed by atoms with Crippen molar-refractivity contribution in [3.8, 4) is 11.5 Å². The van der Waals surface area contributed by atoms with Crippen molar-refractivity contribution in [3.05, 3.63) is 40.0 Å². The minimum absolute atomic E-state index is 0.00770. The number of hydrogen-bond acceptors (Lipinski definition) is 6. The number of ether oxygens (including phenoxy) is 2. The maximum atomic E-state index is 12.8. The van der Waals surface area contributed by atoms with Crippen molar-refractivity contribution < 1.29 is 26.3 Å². The molecule has 0 aromatic heterocycles. The predicted molar refractivity (Wildman–Crippen MR) is 115 cm³/mol. The highest BCUT2D eigenvalue weighted by Crippen LogP contribution is 2.31. The summed E-state index contributed by atoms with van der Waals surface area (Å²) in [6.07, 6.45) is 0. The molecule has 0 heterocycles. The van der Waals surface area contributed by atoms with Gasteiger partial charge < -0.3 is 9.47 Å². The summed E-state index contributed by atoms with van der Waals surface area (Å²) >= 11 is 1.97. The molecule has 11 heteroatoms. The topological polar surface area (TPSA) is 111 Å². The van der Waals surface area contributed by atoms with Crippen LogP contribution in [0.1, 0.15) is 13.8 Å². The summed E-state index contributed by atoms with van der Waals surface area (Å²) < 4.78 is 66.1. The maximum Gasteiger partial charge on any atom is 0.262 e. The Morgan fingerprint density at radius 2 is 1.39 bits per heavy atom. The molecule has 0 saturated heterocycles. The zero-order valence-corrected chi connectivity index (χ0v) is 19.5. The third-order valence-corrected chi connectivity index (χ3v) is 7.41. The molecule has 2 aromatic carbocycles. The molecule has 8 nitrogen and oxygen atoms in total. The Morgan fingerprint density at radius 3 is 1.89 bits per heavy atom. The first kappa shape index (κ1) is 22.7. The maximum absolute atomic E-state index is 12.8. The first-order valence-electron chi connectivity index (χ1n) is 8.07. The Hall–Kier alpha value is -1.57. The van der Waals surface area contributed by atoms with E-state index in [1.807, 2.05) is 22.6 Å². The van der Waals surface area contributed by atoms with E-state index in [0.717, 1.165) is 0 Å². The summed E-state index contributed by atoms with van der Waals surface area (Å²) in [5.74, 6) is 0.736. The van der Waals surface area contributed by atoms with Gasteiger partial charge in [-0.15, -0.1) is 0 Å². The summed E-state index contributed by atoms with van der Waals surface area (Å²) in [4.78, 5) is -0.0719. The average Bonchev–Trinajstić information content (AvgIpc) is 2.60. The van der Waals surface area contributed by atoms with Crippen molar-refractivity contribution in [1.29, 1.82) is 0 Å². The van der Waals surface area contributed by atoms with Gasteiger partial charge >= 0.3 is 0 Å². The minimum atomic E-state index is -3.98. The first-order valence-corrected chi connectivity index (χ1v) is 12.1. The van der Waals surface area contributed by atoms with Gasteiger partial charge in [-0.2, -0.15) is 0 Å². The van der Waals surface area contributed by atoms with Crippen LogP contribution in [-0.4, -0.2) is 37.1 Å². The number of halogens is 1. The molecule has 0 amide bonds. The molecule has 0 bridgehead atoms. The zero-order chi connectivity index (χ0) is 21.1. The van der Waals surface area contributed by atoms with Crippen LogP contribution in [-0.2, 0) is 20.0 Å². The molecule has 0 aliphatic rings. The Kier molecular flexibility index (Phi) is 7.17. The van der Waals surface area contributed by atoms with E-state index in [-0.39, 0.29) is 27.3 Å². The largest absolute Gasteiger partial charge is 0.496 e. The zero-order valence-electron chi connectivity index (χ0n) is 15.7. The third-order valence-electron chi connectivity index (χ3n) is 3.55. The fourth-order valence-electron chi connectivity index (χ4n) is 2.33. The van der Waals surface area contributed by atoms with Gasteiger partial charge in [0.2, 0.25) is 10.0 Å². The van der Waals surface area contributed by atoms with Crippen molar-refractivity contribution in [1.82, 2.24) is 4.72 Å². The number of anilines is 1. The second-order valence-corrected chi connectivity index (χ2v) is 10.6. The highest BCUT2D eigenvalue weighted by molar-refractivity contribution is 14.1. The van der Waals surface area contributed by atoms with Gasteiger partial charge in [0.15, 0.2) is 0 Å². The van der Waals surface area contributed by atoms with Crippen molar-refractivity contribution in [2.75, 3.05) is 18.9 Å². The standard InChI is InChI=1S/C17H21IN2O6S2/c1-11(2)19-27(21,22)13-6-8-17(26-4)15(10-13)20-28(23,24)12-5-7-16(25-3)14(18)9-12/h5-11,19-20H,1-4H3. The molecule has 154 valence electrons. The van der Waals surface area contributed by atoms with Gasteiger partial charge in [-0.1, -0.05) is 0 Å². The molecule has 0 radical (unpaired) electrons. The number of sulfonamides is 2. The molecule has 0 spiro atoms. The molecule has 0 aliphatic heterocycles. The Morgan fingerprint density at radius 1 is 0.857 bits per heavy atom. The van der Waals surface area contributed by atoms with Crippen LogP contribution >= 0.6 is 22.6 Å². The van der Waals surface area contributed by atoms with E-state index in [4.69, 9.17) is 9.47 Å². The molecule has 0 unspecified atom stereocenters. The lowest BCUT2D eigenvalue weighted by Gasteiger charge is -2.15. The number of methoxy groups -OCH3 is 2. The monoisotopic (exact) mass is 540 g/mol. The van der Waals surface area contributed by atoms with Crippen LogP contribution < -0.4 is 18.9 Å². The van der Waals surface area contributed by atoms with E-state index >= 15 is 0 Å². The Bertz CT molecular complexity index is 1070. The summed E-state index contributed by atoms with van der Waals surface area (Å²) in [5, 5.41) is 0. The van der Waals surface area contributed by atoms with E-state index in [2.05, 4.69) is 9.44 Å². The molecule has 0 aliphatic carbocycles. The van der Waals surface area contributed by atoms with E-state index in [9.17, 15) is 16.8 Å². The molecular formula is C17H21IN2O6S2. The fourth-order valence-corrected chi connectivity index (χ4v) is 5.64. The Labute approximate surface area is 178 Å². The Balaban J connectivity index is 2.46. The fraction of sp³-hybridized carbons (Fsp3) is 0.294. The van der Waals surface area contributed by atoms with Crippen LogP contribution in [0.25, 0.3) is 0 Å². The average molecular weight is 540 g/mol. The van der Waals surface area contributed by atoms with Crippen molar-refractivity contribution >= 4 is 48.3 Å². The van der Waals surface area contributed by atoms with Gasteiger partial charge in [0.05, 0.1) is 33.3 Å². The van der Waals surface area contributed by atoms with Crippen LogP contribution in [0.15, 0.2) is 46.2 Å². The molecule has 0 atom stereocenters. The van der Waals surface area contributed by atoms with Gasteiger partial charge in [-0.05, 0) is 72.8 Å². The predicted octanol–water partition coefficient (Wildman–Crippen LogP) is 2.80. The lowest BCUT2D eigenvalue weighted by atomic mass is 10.3. The molecular weight excluding hydrogens is 519 g/mol. The van der Waals surface area contributed by atoms with Crippen LogP contribution in [0.2, 0.25) is 0 Å². The van der Waals surface area contributed by atoms with Crippen molar-refractivity contribution in [2.24, 2.45) is 0 Å². The van der Waals surface area contributed by atoms with E-state index < -0.39 is 20.0 Å². The van der Waals surface area contributed by atoms with Gasteiger partial charge in [0.25, 0.3) is 10.0 Å². The number of hydrogen-bond donors (Lipinski definition) is 2. The lowest BCUT2D eigenvalue weighted by Crippen LogP contribution is -2.30. The van der Waals surface area contributed by atoms with Gasteiger partial charge in [-0.25, -0.2) is 21.6 Å². The van der Waals surface area contributed by atoms with Crippen molar-refractivity contribution in [3.63, 3.8) is 0 Å². The normalized spacial score (nSPS) is 12.1. The lowest BCUT2D eigenvalue weighted by molar-refractivity contribution is 0.411. The summed E-state index contributed by atoms with van der Waals surface area (Å²) in [6.45, 7) is 3.38. The van der Waals surface area contributed by atoms with Crippen molar-refractivity contribution in [2.45, 2.75) is 29.7 Å². The van der Waals surface area contributed by atoms with Crippen LogP contribution in [0.5, 0.6) is 11.5 Å². The number of rotatable bonds is 8. The summed E-state index contributed by atoms with van der Waals surface area (Å²) in [6, 6.07) is 8.04. The minimum Gasteiger partial charge on any atom is -0.496 e. The number of nitrogens with one attached hydrogen (secondary N) is 2. The smallest absolute Gasteiger partial charge is 0.262 e. The van der Waals surface area contributed by atoms with Crippen LogP contribution in [0.4, 0.5) is 5.69 Å². The quantitative estimate of drug-likeness (QED) is 0.499. The highest BCUT2D eigenvalue weighted by Gasteiger charge is 2.22. The third kappa shape index (κ3) is 5.27. The van der Waals surface area contributed by atoms with Gasteiger partial charge in [-0.3, -0.25) is 4.72 Å². The van der Waals surface area contributed by atoms with E-state index in [0.29, 0.717) is 9.32 Å². The molecule has 2 N–H and O–H groups in total. The van der Waals surface area contributed by atoms with Crippen LogP contribution in [0, 0.1) is 3.57 Å². The molecule has 0 fully saturated rings. The second-order valence-electron chi connectivity index (χ2n) is 6.04. The van der Waals surface area contributed by atoms with E-state index in [1.54, 1.807) is 19.9 Å². The first-order chi connectivity index (χ1) is 13.0. The summed E-state index contributed by atoms with van der Waals surface area (Å²) in [7, 11) is -4.93. The number of benzene rings is 2. The molecule has 2 rings (SSSR count). The van der Waals surface area contributed by atoms with Gasteiger partial charge in [0.1, 0.15) is 11.5 Å². The summed E-state index contributed by atoms with van der Waals surface area (Å²) in [5.41, 5.74) is 0.0138.